The third kappa shape index (κ3) is 59.3. The van der Waals surface area contributed by atoms with Gasteiger partial charge in [-0.15, -0.1) is 0 Å². The zero-order valence-corrected chi connectivity index (χ0v) is 48.1. The summed E-state index contributed by atoms with van der Waals surface area (Å²) in [6, 6.07) is 0. The van der Waals surface area contributed by atoms with Crippen LogP contribution in [0.25, 0.3) is 0 Å². The van der Waals surface area contributed by atoms with Crippen molar-refractivity contribution in [1.82, 2.24) is 0 Å². The minimum absolute atomic E-state index is 0.0841. The zero-order valence-electron chi connectivity index (χ0n) is 48.1. The van der Waals surface area contributed by atoms with E-state index in [9.17, 15) is 14.4 Å². The van der Waals surface area contributed by atoms with Crippen LogP contribution in [-0.4, -0.2) is 37.2 Å². The quantitative estimate of drug-likeness (QED) is 0.0261. The molecule has 0 heterocycles. The van der Waals surface area contributed by atoms with Gasteiger partial charge in [-0.05, 0) is 109 Å². The highest BCUT2D eigenvalue weighted by atomic mass is 16.6. The van der Waals surface area contributed by atoms with E-state index in [2.05, 4.69) is 106 Å². The van der Waals surface area contributed by atoms with Gasteiger partial charge in [-0.25, -0.2) is 0 Å². The van der Waals surface area contributed by atoms with Crippen LogP contribution in [0.2, 0.25) is 0 Å². The van der Waals surface area contributed by atoms with E-state index < -0.39 is 6.10 Å². The predicted octanol–water partition coefficient (Wildman–Crippen LogP) is 21.1. The molecule has 0 fully saturated rings. The second kappa shape index (κ2) is 61.1. The Morgan fingerprint density at radius 1 is 0.288 bits per heavy atom. The Labute approximate surface area is 452 Å². The molecule has 420 valence electrons. The van der Waals surface area contributed by atoms with E-state index in [-0.39, 0.29) is 31.1 Å². The molecule has 0 bridgehead atoms. The highest BCUT2D eigenvalue weighted by Crippen LogP contribution is 2.16. The van der Waals surface area contributed by atoms with E-state index in [0.29, 0.717) is 19.3 Å². The lowest BCUT2D eigenvalue weighted by atomic mass is 10.1. The van der Waals surface area contributed by atoms with Crippen LogP contribution in [0.5, 0.6) is 0 Å². The molecule has 1 unspecified atom stereocenters. The van der Waals surface area contributed by atoms with E-state index in [1.54, 1.807) is 0 Å². The minimum atomic E-state index is -0.788. The Kier molecular flexibility index (Phi) is 58.3. The van der Waals surface area contributed by atoms with Crippen molar-refractivity contribution in [3.05, 3.63) is 85.1 Å². The number of hydrogen-bond donors (Lipinski definition) is 0. The lowest BCUT2D eigenvalue weighted by molar-refractivity contribution is -0.167. The number of carbonyl (C=O) groups excluding carboxylic acids is 3. The molecule has 6 nitrogen and oxygen atoms in total. The summed E-state index contributed by atoms with van der Waals surface area (Å²) in [6.45, 7) is 6.43. The highest BCUT2D eigenvalue weighted by Gasteiger charge is 2.19. The van der Waals surface area contributed by atoms with Crippen molar-refractivity contribution >= 4 is 17.9 Å². The smallest absolute Gasteiger partial charge is 0.306 e. The summed E-state index contributed by atoms with van der Waals surface area (Å²) >= 11 is 0. The largest absolute Gasteiger partial charge is 0.462 e. The molecule has 0 rings (SSSR count). The molecule has 0 aromatic heterocycles. The van der Waals surface area contributed by atoms with E-state index in [1.807, 2.05) is 0 Å². The second-order valence-electron chi connectivity index (χ2n) is 20.5. The number of allylic oxidation sites excluding steroid dienone is 14. The first-order chi connectivity index (χ1) is 36.0. The van der Waals surface area contributed by atoms with Crippen molar-refractivity contribution in [2.75, 3.05) is 13.2 Å². The average Bonchev–Trinajstić information content (AvgIpc) is 3.39. The normalized spacial score (nSPS) is 12.6. The Hall–Kier alpha value is -3.41. The van der Waals surface area contributed by atoms with Crippen molar-refractivity contribution in [2.24, 2.45) is 0 Å². The molecule has 1 atom stereocenters. The predicted molar refractivity (Wildman–Crippen MR) is 316 cm³/mol. The van der Waals surface area contributed by atoms with Gasteiger partial charge in [0.15, 0.2) is 6.10 Å². The van der Waals surface area contributed by atoms with E-state index in [1.165, 1.54) is 154 Å². The van der Waals surface area contributed by atoms with Crippen LogP contribution in [0, 0.1) is 0 Å². The Morgan fingerprint density at radius 2 is 0.534 bits per heavy atom. The summed E-state index contributed by atoms with van der Waals surface area (Å²) in [7, 11) is 0. The Balaban J connectivity index is 4.38. The van der Waals surface area contributed by atoms with Crippen molar-refractivity contribution < 1.29 is 28.6 Å². The number of carbonyl (C=O) groups is 3. The topological polar surface area (TPSA) is 78.9 Å². The lowest BCUT2D eigenvalue weighted by Gasteiger charge is -2.18. The van der Waals surface area contributed by atoms with Gasteiger partial charge >= 0.3 is 17.9 Å². The maximum atomic E-state index is 12.9. The van der Waals surface area contributed by atoms with Gasteiger partial charge in [0.25, 0.3) is 0 Å². The fourth-order valence-corrected chi connectivity index (χ4v) is 8.76. The third-order valence-electron chi connectivity index (χ3n) is 13.4. The molecule has 0 aliphatic heterocycles. The van der Waals surface area contributed by atoms with Crippen molar-refractivity contribution in [2.45, 2.75) is 309 Å². The van der Waals surface area contributed by atoms with Gasteiger partial charge in [0.05, 0.1) is 0 Å². The fraction of sp³-hybridized carbons (Fsp3) is 0.746. The first-order valence-corrected chi connectivity index (χ1v) is 31.1. The number of unbranched alkanes of at least 4 members (excludes halogenated alkanes) is 31. The SMILES string of the molecule is CC/C=C\C/C=C\C/C=C\CCCCCCCCCC(=O)OCC(COC(=O)CCCCCCCCCCC/C=C\CCCCCCCCCC)OC(=O)CCCCCCCCC/C=C\C/C=C\C/C=C\CC. The molecule has 0 radical (unpaired) electrons. The van der Waals surface area contributed by atoms with Gasteiger partial charge in [-0.1, -0.05) is 260 Å². The number of ether oxygens (including phenoxy) is 3. The lowest BCUT2D eigenvalue weighted by Crippen LogP contribution is -2.30. The standard InChI is InChI=1S/C67H116O6/c1-4-7-10-13-16-19-22-25-28-31-32-33-34-37-39-42-45-48-51-54-57-60-66(69)72-63-64(73-67(70)61-58-55-52-49-46-43-40-36-30-27-24-21-18-15-12-9-6-3)62-71-65(68)59-56-53-50-47-44-41-38-35-29-26-23-20-17-14-11-8-5-2/h8-9,11-12,17-18,20-21,26-27,29-32,64H,4-7,10,13-16,19,22-25,28,33-63H2,1-3H3/b11-8-,12-9-,20-17-,21-18-,29-26-,30-27-,32-31-. The summed E-state index contributed by atoms with van der Waals surface area (Å²) in [5.41, 5.74) is 0. The number of esters is 3. The first kappa shape index (κ1) is 69.6. The van der Waals surface area contributed by atoms with Crippen LogP contribution in [0.15, 0.2) is 85.1 Å². The minimum Gasteiger partial charge on any atom is -0.462 e. The van der Waals surface area contributed by atoms with Crippen LogP contribution >= 0.6 is 0 Å². The summed E-state index contributed by atoms with van der Waals surface area (Å²) < 4.78 is 16.9. The van der Waals surface area contributed by atoms with Gasteiger partial charge in [-0.3, -0.25) is 14.4 Å². The maximum absolute atomic E-state index is 12.9. The number of rotatable bonds is 56. The summed E-state index contributed by atoms with van der Waals surface area (Å²) in [4.78, 5) is 38.3. The molecule has 73 heavy (non-hydrogen) atoms. The zero-order chi connectivity index (χ0) is 52.9. The summed E-state index contributed by atoms with van der Waals surface area (Å²) in [5, 5.41) is 0. The summed E-state index contributed by atoms with van der Waals surface area (Å²) in [6.07, 6.45) is 80.1. The van der Waals surface area contributed by atoms with Crippen LogP contribution in [0.3, 0.4) is 0 Å². The monoisotopic (exact) mass is 1020 g/mol. The Morgan fingerprint density at radius 3 is 0.849 bits per heavy atom. The maximum Gasteiger partial charge on any atom is 0.306 e. The second-order valence-corrected chi connectivity index (χ2v) is 20.5. The van der Waals surface area contributed by atoms with E-state index in [4.69, 9.17) is 14.2 Å². The first-order valence-electron chi connectivity index (χ1n) is 31.1. The molecule has 0 saturated heterocycles. The van der Waals surface area contributed by atoms with E-state index >= 15 is 0 Å². The van der Waals surface area contributed by atoms with Gasteiger partial charge < -0.3 is 14.2 Å². The summed E-state index contributed by atoms with van der Waals surface area (Å²) in [5.74, 6) is -0.896. The van der Waals surface area contributed by atoms with Gasteiger partial charge in [0.2, 0.25) is 0 Å². The molecule has 0 aromatic rings. The van der Waals surface area contributed by atoms with Crippen LogP contribution < -0.4 is 0 Å². The number of hydrogen-bond acceptors (Lipinski definition) is 6. The van der Waals surface area contributed by atoms with Crippen LogP contribution in [-0.2, 0) is 28.6 Å². The fourth-order valence-electron chi connectivity index (χ4n) is 8.76. The van der Waals surface area contributed by atoms with Crippen LogP contribution in [0.4, 0.5) is 0 Å². The Bertz CT molecular complexity index is 1400. The molecule has 0 N–H and O–H groups in total. The average molecular weight is 1020 g/mol. The van der Waals surface area contributed by atoms with Crippen LogP contribution in [0.1, 0.15) is 303 Å². The molecule has 0 amide bonds. The molecule has 0 aliphatic rings. The molecular weight excluding hydrogens is 901 g/mol. The third-order valence-corrected chi connectivity index (χ3v) is 13.4. The van der Waals surface area contributed by atoms with Gasteiger partial charge in [0, 0.05) is 19.3 Å². The van der Waals surface area contributed by atoms with Crippen molar-refractivity contribution in [1.29, 1.82) is 0 Å². The molecule has 0 aromatic carbocycles. The molecule has 0 aliphatic carbocycles. The molecule has 0 spiro atoms. The van der Waals surface area contributed by atoms with Crippen molar-refractivity contribution in [3.8, 4) is 0 Å². The van der Waals surface area contributed by atoms with Gasteiger partial charge in [-0.2, -0.15) is 0 Å². The van der Waals surface area contributed by atoms with Crippen molar-refractivity contribution in [3.63, 3.8) is 0 Å². The molecular formula is C67H116O6. The van der Waals surface area contributed by atoms with E-state index in [0.717, 1.165) is 109 Å². The molecule has 6 heteroatoms. The van der Waals surface area contributed by atoms with Gasteiger partial charge in [0.1, 0.15) is 13.2 Å². The molecule has 0 saturated carbocycles. The highest BCUT2D eigenvalue weighted by molar-refractivity contribution is 5.71.